The molecule has 0 aromatic rings. The van der Waals surface area contributed by atoms with E-state index in [1.54, 1.807) is 44.3 Å². The maximum Gasteiger partial charge on any atom is 0.228 e. The number of carbonyl (C=O) groups is 4. The Bertz CT molecular complexity index is 633. The summed E-state index contributed by atoms with van der Waals surface area (Å²) in [6.07, 6.45) is 4.42. The van der Waals surface area contributed by atoms with Crippen LogP contribution in [0, 0.1) is 5.41 Å². The molecule has 33 heavy (non-hydrogen) atoms. The summed E-state index contributed by atoms with van der Waals surface area (Å²) in [5.41, 5.74) is -0.801. The fourth-order valence-corrected chi connectivity index (χ4v) is 6.09. The van der Waals surface area contributed by atoms with E-state index in [0.29, 0.717) is 22.7 Å². The van der Waals surface area contributed by atoms with Crippen molar-refractivity contribution < 1.29 is 23.9 Å². The second-order valence-electron chi connectivity index (χ2n) is 9.30. The van der Waals surface area contributed by atoms with E-state index in [9.17, 15) is 19.2 Å². The highest BCUT2D eigenvalue weighted by molar-refractivity contribution is 8.04. The van der Waals surface area contributed by atoms with Crippen LogP contribution < -0.4 is 16.0 Å². The van der Waals surface area contributed by atoms with Crippen molar-refractivity contribution in [1.29, 1.82) is 0 Å². The number of ether oxygens (including phenoxy) is 1. The largest absolute Gasteiger partial charge is 0.365 e. The summed E-state index contributed by atoms with van der Waals surface area (Å²) >= 11 is 3.52. The van der Waals surface area contributed by atoms with Crippen LogP contribution >= 0.6 is 23.5 Å². The minimum Gasteiger partial charge on any atom is -0.365 e. The van der Waals surface area contributed by atoms with Crippen LogP contribution in [-0.4, -0.2) is 84.3 Å². The summed E-state index contributed by atoms with van der Waals surface area (Å²) in [5.74, 6) is 1.13. The first-order valence-electron chi connectivity index (χ1n) is 11.6. The van der Waals surface area contributed by atoms with E-state index in [1.807, 2.05) is 13.8 Å². The quantitative estimate of drug-likeness (QED) is 0.138. The van der Waals surface area contributed by atoms with Crippen molar-refractivity contribution in [3.8, 4) is 0 Å². The first-order valence-corrected chi connectivity index (χ1v) is 13.7. The Hall–Kier alpha value is -0.940. The smallest absolute Gasteiger partial charge is 0.228 e. The van der Waals surface area contributed by atoms with Gasteiger partial charge in [0.2, 0.25) is 5.91 Å². The number of hydrogen-bond acceptors (Lipinski definition) is 9. The Balaban J connectivity index is 2.35. The first kappa shape index (κ1) is 30.1. The number of carbonyl (C=O) groups excluding carboxylic acids is 4. The van der Waals surface area contributed by atoms with Crippen LogP contribution in [-0.2, 0) is 23.9 Å². The maximum absolute atomic E-state index is 12.7. The topological polar surface area (TPSA) is 114 Å². The van der Waals surface area contributed by atoms with Gasteiger partial charge in [-0.1, -0.05) is 20.8 Å². The van der Waals surface area contributed by atoms with Crippen LogP contribution in [0.2, 0.25) is 0 Å². The highest BCUT2D eigenvalue weighted by Gasteiger charge is 2.34. The van der Waals surface area contributed by atoms with Crippen molar-refractivity contribution in [1.82, 2.24) is 16.0 Å². The van der Waals surface area contributed by atoms with Gasteiger partial charge in [-0.2, -0.15) is 23.5 Å². The molecule has 0 aromatic carbocycles. The molecule has 1 amide bonds. The van der Waals surface area contributed by atoms with Crippen LogP contribution in [0.3, 0.4) is 0 Å². The van der Waals surface area contributed by atoms with Gasteiger partial charge in [0, 0.05) is 34.5 Å². The van der Waals surface area contributed by atoms with Gasteiger partial charge in [-0.05, 0) is 26.7 Å². The Kier molecular flexibility index (Phi) is 14.5. The molecule has 1 rings (SSSR count). The molecule has 1 fully saturated rings. The van der Waals surface area contributed by atoms with Gasteiger partial charge in [-0.15, -0.1) is 0 Å². The van der Waals surface area contributed by atoms with Crippen molar-refractivity contribution >= 4 is 47.8 Å². The fraction of sp³-hybridized carbons (Fsp3) is 0.826. The van der Waals surface area contributed by atoms with Crippen molar-refractivity contribution in [2.45, 2.75) is 82.5 Å². The van der Waals surface area contributed by atoms with Gasteiger partial charge in [-0.25, -0.2) is 0 Å². The zero-order chi connectivity index (χ0) is 24.9. The molecule has 4 unspecified atom stereocenters. The van der Waals surface area contributed by atoms with Crippen molar-refractivity contribution in [2.75, 3.05) is 31.4 Å². The summed E-state index contributed by atoms with van der Waals surface area (Å²) in [6, 6.07) is -0.436. The number of amides is 1. The van der Waals surface area contributed by atoms with E-state index in [2.05, 4.69) is 16.0 Å². The fourth-order valence-electron chi connectivity index (χ4n) is 3.07. The SMILES string of the molecule is CCC(=O)CNCOCC(C)(C)C(=O)NC(C=O)CSC1CCC1SCC(C=O)NC(C)C. The van der Waals surface area contributed by atoms with Gasteiger partial charge in [-0.3, -0.25) is 14.9 Å². The average Bonchev–Trinajstić information content (AvgIpc) is 2.75. The molecule has 0 spiro atoms. The number of thioether (sulfide) groups is 2. The second-order valence-corrected chi connectivity index (χ2v) is 11.8. The monoisotopic (exact) mass is 503 g/mol. The van der Waals surface area contributed by atoms with E-state index in [-0.39, 0.29) is 43.7 Å². The Morgan fingerprint density at radius 2 is 1.64 bits per heavy atom. The van der Waals surface area contributed by atoms with Gasteiger partial charge < -0.3 is 25.0 Å². The number of hydrogen-bond donors (Lipinski definition) is 3. The van der Waals surface area contributed by atoms with Crippen molar-refractivity contribution in [3.05, 3.63) is 0 Å². The molecule has 0 aromatic heterocycles. The summed E-state index contributed by atoms with van der Waals surface area (Å²) in [6.45, 7) is 10.00. The minimum atomic E-state index is -0.801. The van der Waals surface area contributed by atoms with Crippen LogP contribution in [0.5, 0.6) is 0 Å². The molecule has 0 aliphatic heterocycles. The summed E-state index contributed by atoms with van der Waals surface area (Å²) in [5, 5.41) is 9.86. The number of nitrogens with one attached hydrogen (secondary N) is 3. The number of aldehydes is 2. The van der Waals surface area contributed by atoms with E-state index in [0.717, 1.165) is 31.2 Å². The lowest BCUT2D eigenvalue weighted by molar-refractivity contribution is -0.134. The molecule has 0 radical (unpaired) electrons. The lowest BCUT2D eigenvalue weighted by Crippen LogP contribution is -2.47. The molecular formula is C23H41N3O5S2. The molecule has 1 aliphatic rings. The molecule has 4 atom stereocenters. The third-order valence-corrected chi connectivity index (χ3v) is 8.58. The van der Waals surface area contributed by atoms with Gasteiger partial charge in [0.1, 0.15) is 18.4 Å². The zero-order valence-corrected chi connectivity index (χ0v) is 22.2. The molecule has 1 aliphatic carbocycles. The molecule has 1 saturated carbocycles. The summed E-state index contributed by atoms with van der Waals surface area (Å²) in [7, 11) is 0. The highest BCUT2D eigenvalue weighted by Crippen LogP contribution is 2.40. The Morgan fingerprint density at radius 3 is 2.12 bits per heavy atom. The van der Waals surface area contributed by atoms with Crippen LogP contribution in [0.25, 0.3) is 0 Å². The van der Waals surface area contributed by atoms with E-state index >= 15 is 0 Å². The normalized spacial score (nSPS) is 20.1. The third-order valence-electron chi connectivity index (χ3n) is 5.32. The molecule has 0 bridgehead atoms. The van der Waals surface area contributed by atoms with Gasteiger partial charge in [0.05, 0.1) is 37.4 Å². The van der Waals surface area contributed by atoms with Crippen LogP contribution in [0.1, 0.15) is 53.9 Å². The molecule has 190 valence electrons. The summed E-state index contributed by atoms with van der Waals surface area (Å²) in [4.78, 5) is 46.7. The van der Waals surface area contributed by atoms with Gasteiger partial charge in [0.15, 0.2) is 0 Å². The minimum absolute atomic E-state index is 0.102. The predicted octanol–water partition coefficient (Wildman–Crippen LogP) is 1.80. The predicted molar refractivity (Wildman–Crippen MR) is 136 cm³/mol. The van der Waals surface area contributed by atoms with Crippen LogP contribution in [0.15, 0.2) is 0 Å². The van der Waals surface area contributed by atoms with Crippen LogP contribution in [0.4, 0.5) is 0 Å². The first-order chi connectivity index (χ1) is 15.6. The lowest BCUT2D eigenvalue weighted by atomic mass is 9.93. The molecule has 8 nitrogen and oxygen atoms in total. The van der Waals surface area contributed by atoms with E-state index < -0.39 is 11.5 Å². The number of ketones is 1. The molecule has 3 N–H and O–H groups in total. The molecular weight excluding hydrogens is 462 g/mol. The van der Waals surface area contributed by atoms with E-state index in [1.165, 1.54) is 0 Å². The third kappa shape index (κ3) is 11.8. The van der Waals surface area contributed by atoms with Gasteiger partial charge >= 0.3 is 0 Å². The molecule has 10 heteroatoms. The standard InChI is InChI=1S/C23H41N3O5S2/c1-6-19(29)9-24-15-31-14-23(4,5)22(30)26-18(11-28)13-33-21-8-7-20(21)32-12-17(10-27)25-16(2)3/h10-11,16-18,20-21,24-25H,6-9,12-15H2,1-5H3,(H,26,30). The molecule has 0 heterocycles. The second kappa shape index (κ2) is 15.9. The van der Waals surface area contributed by atoms with Crippen molar-refractivity contribution in [3.63, 3.8) is 0 Å². The molecule has 0 saturated heterocycles. The Labute approximate surface area is 206 Å². The lowest BCUT2D eigenvalue weighted by Gasteiger charge is -2.37. The van der Waals surface area contributed by atoms with E-state index in [4.69, 9.17) is 4.74 Å². The van der Waals surface area contributed by atoms with Crippen molar-refractivity contribution in [2.24, 2.45) is 5.41 Å². The number of rotatable bonds is 19. The maximum atomic E-state index is 12.7. The summed E-state index contributed by atoms with van der Waals surface area (Å²) < 4.78 is 5.50. The average molecular weight is 504 g/mol. The number of Topliss-reactive ketones (excluding diaryl/α,β-unsaturated/α-hetero) is 1. The highest BCUT2D eigenvalue weighted by atomic mass is 32.2. The van der Waals surface area contributed by atoms with Gasteiger partial charge in [0.25, 0.3) is 0 Å². The Morgan fingerprint density at radius 1 is 1.06 bits per heavy atom. The zero-order valence-electron chi connectivity index (χ0n) is 20.6.